The number of nitrogens with two attached hydrogens (primary N) is 1. The Morgan fingerprint density at radius 1 is 1.21 bits per heavy atom. The Morgan fingerprint density at radius 2 is 1.89 bits per heavy atom. The summed E-state index contributed by atoms with van der Waals surface area (Å²) in [5, 5.41) is 3.51. The molecule has 0 amide bonds. The second-order valence-electron chi connectivity index (χ2n) is 4.68. The Bertz CT molecular complexity index is 532. The van der Waals surface area contributed by atoms with Crippen molar-refractivity contribution in [1.82, 2.24) is 9.97 Å². The molecule has 2 rings (SSSR count). The van der Waals surface area contributed by atoms with Gasteiger partial charge in [0.1, 0.15) is 11.0 Å². The molecule has 0 aliphatic rings. The van der Waals surface area contributed by atoms with Crippen LogP contribution in [0.1, 0.15) is 30.9 Å². The first-order valence-corrected chi connectivity index (χ1v) is 6.55. The number of hydrogen-bond acceptors (Lipinski definition) is 4. The van der Waals surface area contributed by atoms with Gasteiger partial charge in [-0.2, -0.15) is 4.98 Å². The third-order valence-electron chi connectivity index (χ3n) is 2.83. The number of aromatic nitrogens is 2. The monoisotopic (exact) mass is 276 g/mol. The van der Waals surface area contributed by atoms with Gasteiger partial charge in [0.2, 0.25) is 5.95 Å². The predicted octanol–water partition coefficient (Wildman–Crippen LogP) is 3.45. The number of nitrogens with zero attached hydrogens (tertiary/aromatic N) is 2. The Kier molecular flexibility index (Phi) is 4.22. The highest BCUT2D eigenvalue weighted by Gasteiger charge is 2.02. The Labute approximate surface area is 118 Å². The van der Waals surface area contributed by atoms with Gasteiger partial charge in [0.25, 0.3) is 0 Å². The van der Waals surface area contributed by atoms with Gasteiger partial charge >= 0.3 is 0 Å². The normalized spacial score (nSPS) is 10.7. The average molecular weight is 277 g/mol. The van der Waals surface area contributed by atoms with Crippen LogP contribution in [-0.4, -0.2) is 9.97 Å². The highest BCUT2D eigenvalue weighted by Crippen LogP contribution is 2.16. The molecular weight excluding hydrogens is 260 g/mol. The zero-order valence-electron chi connectivity index (χ0n) is 11.0. The van der Waals surface area contributed by atoms with Gasteiger partial charge in [0.15, 0.2) is 0 Å². The molecule has 0 saturated heterocycles. The largest absolute Gasteiger partial charge is 0.368 e. The lowest BCUT2D eigenvalue weighted by Crippen LogP contribution is -2.04. The third-order valence-corrected chi connectivity index (χ3v) is 3.03. The average Bonchev–Trinajstić information content (AvgIpc) is 2.36. The van der Waals surface area contributed by atoms with Gasteiger partial charge in [0.05, 0.1) is 0 Å². The second-order valence-corrected chi connectivity index (χ2v) is 5.07. The molecule has 0 fully saturated rings. The highest BCUT2D eigenvalue weighted by atomic mass is 35.5. The molecule has 0 aliphatic heterocycles. The maximum atomic E-state index is 5.82. The summed E-state index contributed by atoms with van der Waals surface area (Å²) in [4.78, 5) is 7.88. The minimum atomic E-state index is 0.171. The third kappa shape index (κ3) is 3.83. The van der Waals surface area contributed by atoms with Crippen LogP contribution in [0, 0.1) is 0 Å². The van der Waals surface area contributed by atoms with Crippen LogP contribution in [0.5, 0.6) is 0 Å². The van der Waals surface area contributed by atoms with E-state index in [4.69, 9.17) is 17.3 Å². The summed E-state index contributed by atoms with van der Waals surface area (Å²) in [5.74, 6) is 1.35. The number of nitrogen functional groups attached to an aromatic ring is 1. The molecule has 5 heteroatoms. The highest BCUT2D eigenvalue weighted by molar-refractivity contribution is 6.29. The van der Waals surface area contributed by atoms with Crippen LogP contribution >= 0.6 is 11.6 Å². The van der Waals surface area contributed by atoms with Crippen molar-refractivity contribution in [1.29, 1.82) is 0 Å². The summed E-state index contributed by atoms with van der Waals surface area (Å²) in [6.07, 6.45) is 0. The molecule has 0 bridgehead atoms. The van der Waals surface area contributed by atoms with Crippen LogP contribution in [-0.2, 0) is 6.54 Å². The molecule has 0 atom stereocenters. The van der Waals surface area contributed by atoms with Crippen molar-refractivity contribution in [2.45, 2.75) is 26.3 Å². The van der Waals surface area contributed by atoms with Gasteiger partial charge in [-0.25, -0.2) is 4.98 Å². The molecule has 0 radical (unpaired) electrons. The van der Waals surface area contributed by atoms with Crippen molar-refractivity contribution in [3.8, 4) is 0 Å². The summed E-state index contributed by atoms with van der Waals surface area (Å²) >= 11 is 5.82. The summed E-state index contributed by atoms with van der Waals surface area (Å²) < 4.78 is 0. The summed E-state index contributed by atoms with van der Waals surface area (Å²) in [6, 6.07) is 10.1. The van der Waals surface area contributed by atoms with Crippen LogP contribution in [0.2, 0.25) is 5.15 Å². The van der Waals surface area contributed by atoms with Crippen molar-refractivity contribution < 1.29 is 0 Å². The van der Waals surface area contributed by atoms with Crippen molar-refractivity contribution in [3.05, 3.63) is 46.6 Å². The molecule has 0 unspecified atom stereocenters. The van der Waals surface area contributed by atoms with Crippen LogP contribution in [0.3, 0.4) is 0 Å². The quantitative estimate of drug-likeness (QED) is 0.840. The fourth-order valence-corrected chi connectivity index (χ4v) is 1.93. The van der Waals surface area contributed by atoms with E-state index in [9.17, 15) is 0 Å². The zero-order chi connectivity index (χ0) is 13.8. The molecule has 2 aromatic rings. The summed E-state index contributed by atoms with van der Waals surface area (Å²) in [7, 11) is 0. The standard InChI is InChI=1S/C14H17ClN4/c1-9(2)11-5-3-10(4-6-11)8-17-13-7-12(15)18-14(16)19-13/h3-7,9H,8H2,1-2H3,(H3,16,17,18,19). The fourth-order valence-electron chi connectivity index (χ4n) is 1.74. The van der Waals surface area contributed by atoms with Crippen LogP contribution in [0.4, 0.5) is 11.8 Å². The zero-order valence-corrected chi connectivity index (χ0v) is 11.8. The van der Waals surface area contributed by atoms with E-state index < -0.39 is 0 Å². The SMILES string of the molecule is CC(C)c1ccc(CNc2cc(Cl)nc(N)n2)cc1. The van der Waals surface area contributed by atoms with Gasteiger partial charge < -0.3 is 11.1 Å². The number of nitrogens with one attached hydrogen (secondary N) is 1. The van der Waals surface area contributed by atoms with E-state index in [0.717, 1.165) is 0 Å². The molecule has 19 heavy (non-hydrogen) atoms. The van der Waals surface area contributed by atoms with E-state index in [-0.39, 0.29) is 5.95 Å². The minimum absolute atomic E-state index is 0.171. The lowest BCUT2D eigenvalue weighted by atomic mass is 10.0. The topological polar surface area (TPSA) is 63.8 Å². The predicted molar refractivity (Wildman–Crippen MR) is 79.3 cm³/mol. The maximum Gasteiger partial charge on any atom is 0.223 e. The Morgan fingerprint density at radius 3 is 2.47 bits per heavy atom. The first kappa shape index (κ1) is 13.6. The number of hydrogen-bond donors (Lipinski definition) is 2. The molecule has 1 aromatic heterocycles. The van der Waals surface area contributed by atoms with Gasteiger partial charge in [-0.3, -0.25) is 0 Å². The lowest BCUT2D eigenvalue weighted by Gasteiger charge is -2.09. The molecule has 4 nitrogen and oxygen atoms in total. The molecule has 1 aromatic carbocycles. The van der Waals surface area contributed by atoms with E-state index in [1.807, 2.05) is 0 Å². The second kappa shape index (κ2) is 5.89. The molecule has 3 N–H and O–H groups in total. The Balaban J connectivity index is 2.02. The van der Waals surface area contributed by atoms with Crippen LogP contribution < -0.4 is 11.1 Å². The summed E-state index contributed by atoms with van der Waals surface area (Å²) in [6.45, 7) is 5.03. The minimum Gasteiger partial charge on any atom is -0.368 e. The Hall–Kier alpha value is -1.81. The van der Waals surface area contributed by atoms with Crippen molar-refractivity contribution in [2.75, 3.05) is 11.1 Å². The number of anilines is 2. The smallest absolute Gasteiger partial charge is 0.223 e. The molecule has 100 valence electrons. The van der Waals surface area contributed by atoms with E-state index >= 15 is 0 Å². The first-order valence-electron chi connectivity index (χ1n) is 6.17. The molecule has 0 saturated carbocycles. The van der Waals surface area contributed by atoms with E-state index in [2.05, 4.69) is 53.4 Å². The molecule has 1 heterocycles. The van der Waals surface area contributed by atoms with Crippen LogP contribution in [0.15, 0.2) is 30.3 Å². The van der Waals surface area contributed by atoms with E-state index in [1.165, 1.54) is 11.1 Å². The maximum absolute atomic E-state index is 5.82. The fraction of sp³-hybridized carbons (Fsp3) is 0.286. The van der Waals surface area contributed by atoms with Crippen LogP contribution in [0.25, 0.3) is 0 Å². The van der Waals surface area contributed by atoms with Gasteiger partial charge in [-0.1, -0.05) is 49.7 Å². The number of rotatable bonds is 4. The van der Waals surface area contributed by atoms with Gasteiger partial charge in [0, 0.05) is 12.6 Å². The number of halogens is 1. The van der Waals surface area contributed by atoms with Gasteiger partial charge in [-0.15, -0.1) is 0 Å². The first-order chi connectivity index (χ1) is 9.04. The summed E-state index contributed by atoms with van der Waals surface area (Å²) in [5.41, 5.74) is 8.04. The van der Waals surface area contributed by atoms with Gasteiger partial charge in [-0.05, 0) is 17.0 Å². The van der Waals surface area contributed by atoms with Crippen molar-refractivity contribution in [2.24, 2.45) is 0 Å². The van der Waals surface area contributed by atoms with E-state index in [1.54, 1.807) is 6.07 Å². The van der Waals surface area contributed by atoms with Crippen molar-refractivity contribution in [3.63, 3.8) is 0 Å². The number of benzene rings is 1. The molecule has 0 aliphatic carbocycles. The van der Waals surface area contributed by atoms with E-state index in [0.29, 0.717) is 23.4 Å². The molecule has 0 spiro atoms. The van der Waals surface area contributed by atoms with Crippen molar-refractivity contribution >= 4 is 23.4 Å². The lowest BCUT2D eigenvalue weighted by molar-refractivity contribution is 0.865. The molecular formula is C14H17ClN4.